The topological polar surface area (TPSA) is 38.9 Å². The second-order valence-corrected chi connectivity index (χ2v) is 6.65. The lowest BCUT2D eigenvalue weighted by Gasteiger charge is -2.02. The zero-order valence-corrected chi connectivity index (χ0v) is 13.0. The van der Waals surface area contributed by atoms with Gasteiger partial charge in [-0.2, -0.15) is 4.98 Å². The largest absolute Gasteiger partial charge is 0.339 e. The monoisotopic (exact) mass is 308 g/mol. The van der Waals surface area contributed by atoms with Crippen molar-refractivity contribution < 1.29 is 8.91 Å². The van der Waals surface area contributed by atoms with Crippen LogP contribution in [0.4, 0.5) is 4.39 Å². The summed E-state index contributed by atoms with van der Waals surface area (Å²) >= 11 is 0. The molecule has 1 aromatic heterocycles. The summed E-state index contributed by atoms with van der Waals surface area (Å²) in [6.45, 7) is 4.30. The van der Waals surface area contributed by atoms with Crippen LogP contribution in [0.1, 0.15) is 37.1 Å². The van der Waals surface area contributed by atoms with Gasteiger partial charge in [-0.1, -0.05) is 61.5 Å². The van der Waals surface area contributed by atoms with Crippen LogP contribution in [-0.2, 0) is 0 Å². The van der Waals surface area contributed by atoms with Crippen molar-refractivity contribution in [2.24, 2.45) is 5.41 Å². The third-order valence-corrected chi connectivity index (χ3v) is 4.77. The smallest absolute Gasteiger partial charge is 0.231 e. The minimum Gasteiger partial charge on any atom is -0.339 e. The van der Waals surface area contributed by atoms with Crippen molar-refractivity contribution in [3.63, 3.8) is 0 Å². The number of rotatable bonds is 3. The van der Waals surface area contributed by atoms with Gasteiger partial charge in [0, 0.05) is 11.5 Å². The van der Waals surface area contributed by atoms with Crippen LogP contribution in [0.3, 0.4) is 0 Å². The van der Waals surface area contributed by atoms with Crippen LogP contribution in [-0.4, -0.2) is 10.1 Å². The van der Waals surface area contributed by atoms with E-state index in [0.717, 1.165) is 11.1 Å². The molecule has 1 aliphatic rings. The van der Waals surface area contributed by atoms with Gasteiger partial charge in [-0.05, 0) is 23.1 Å². The second kappa shape index (κ2) is 5.01. The number of hydrogen-bond donors (Lipinski definition) is 0. The van der Waals surface area contributed by atoms with Gasteiger partial charge in [0.1, 0.15) is 5.82 Å². The summed E-state index contributed by atoms with van der Waals surface area (Å²) in [4.78, 5) is 4.56. The van der Waals surface area contributed by atoms with Crippen LogP contribution >= 0.6 is 0 Å². The molecule has 0 N–H and O–H groups in total. The zero-order valence-electron chi connectivity index (χ0n) is 13.0. The molecule has 2 atom stereocenters. The highest BCUT2D eigenvalue weighted by molar-refractivity contribution is 5.54. The Labute approximate surface area is 134 Å². The predicted molar refractivity (Wildman–Crippen MR) is 85.4 cm³/mol. The minimum absolute atomic E-state index is 0.0196. The lowest BCUT2D eigenvalue weighted by Crippen LogP contribution is -1.91. The van der Waals surface area contributed by atoms with Crippen molar-refractivity contribution in [3.05, 3.63) is 71.9 Å². The summed E-state index contributed by atoms with van der Waals surface area (Å²) < 4.78 is 19.0. The molecule has 0 unspecified atom stereocenters. The first-order valence-electron chi connectivity index (χ1n) is 7.72. The summed E-state index contributed by atoms with van der Waals surface area (Å²) in [5.41, 5.74) is 1.90. The summed E-state index contributed by atoms with van der Waals surface area (Å²) in [5.74, 6) is 1.33. The van der Waals surface area contributed by atoms with Crippen molar-refractivity contribution in [1.82, 2.24) is 10.1 Å². The van der Waals surface area contributed by atoms with Crippen LogP contribution in [0.25, 0.3) is 11.4 Å². The fourth-order valence-corrected chi connectivity index (χ4v) is 3.49. The van der Waals surface area contributed by atoms with E-state index < -0.39 is 0 Å². The van der Waals surface area contributed by atoms with E-state index in [1.54, 1.807) is 12.1 Å². The molecule has 3 aromatic rings. The highest BCUT2D eigenvalue weighted by Gasteiger charge is 2.62. The first-order chi connectivity index (χ1) is 11.1. The van der Waals surface area contributed by atoms with Gasteiger partial charge < -0.3 is 4.52 Å². The third kappa shape index (κ3) is 2.34. The van der Waals surface area contributed by atoms with Crippen LogP contribution in [0.5, 0.6) is 0 Å². The van der Waals surface area contributed by atoms with Gasteiger partial charge in [-0.3, -0.25) is 0 Å². The van der Waals surface area contributed by atoms with E-state index >= 15 is 0 Å². The molecule has 116 valence electrons. The molecule has 1 heterocycles. The van der Waals surface area contributed by atoms with Crippen molar-refractivity contribution in [2.75, 3.05) is 0 Å². The summed E-state index contributed by atoms with van der Waals surface area (Å²) in [6, 6.07) is 16.5. The molecule has 1 aliphatic carbocycles. The van der Waals surface area contributed by atoms with Crippen LogP contribution < -0.4 is 0 Å². The molecular weight excluding hydrogens is 291 g/mol. The van der Waals surface area contributed by atoms with Gasteiger partial charge in [-0.15, -0.1) is 0 Å². The molecule has 4 heteroatoms. The zero-order chi connectivity index (χ0) is 16.0. The fourth-order valence-electron chi connectivity index (χ4n) is 3.49. The van der Waals surface area contributed by atoms with Crippen molar-refractivity contribution in [1.29, 1.82) is 0 Å². The maximum absolute atomic E-state index is 13.5. The number of benzene rings is 2. The van der Waals surface area contributed by atoms with Crippen LogP contribution in [0.2, 0.25) is 0 Å². The maximum atomic E-state index is 13.5. The van der Waals surface area contributed by atoms with Gasteiger partial charge >= 0.3 is 0 Å². The van der Waals surface area contributed by atoms with Crippen molar-refractivity contribution >= 4 is 0 Å². The minimum atomic E-state index is -0.209. The molecule has 0 saturated heterocycles. The third-order valence-electron chi connectivity index (χ3n) is 4.77. The molecule has 0 bridgehead atoms. The van der Waals surface area contributed by atoms with Crippen molar-refractivity contribution in [3.8, 4) is 11.4 Å². The first-order valence-corrected chi connectivity index (χ1v) is 7.72. The van der Waals surface area contributed by atoms with E-state index in [2.05, 4.69) is 24.0 Å². The SMILES string of the molecule is CC1(C)[C@@H](c2cccc(F)c2)[C@@H]1c1nc(-c2ccccc2)no1. The molecule has 0 spiro atoms. The Balaban J connectivity index is 1.65. The second-order valence-electron chi connectivity index (χ2n) is 6.65. The van der Waals surface area contributed by atoms with E-state index in [-0.39, 0.29) is 23.1 Å². The van der Waals surface area contributed by atoms with E-state index in [9.17, 15) is 4.39 Å². The molecule has 0 radical (unpaired) electrons. The number of aromatic nitrogens is 2. The average molecular weight is 308 g/mol. The number of hydrogen-bond acceptors (Lipinski definition) is 3. The maximum Gasteiger partial charge on any atom is 0.231 e. The molecule has 0 amide bonds. The molecule has 4 rings (SSSR count). The molecular formula is C19H17FN2O. The van der Waals surface area contributed by atoms with Crippen molar-refractivity contribution in [2.45, 2.75) is 25.7 Å². The van der Waals surface area contributed by atoms with Gasteiger partial charge in [-0.25, -0.2) is 4.39 Å². The standard InChI is InChI=1S/C19H17FN2O/c1-19(2)15(13-9-6-10-14(20)11-13)16(19)18-21-17(22-23-18)12-7-4-3-5-8-12/h3-11,15-16H,1-2H3/t15-,16+/m0/s1. The lowest BCUT2D eigenvalue weighted by molar-refractivity contribution is 0.368. The van der Waals surface area contributed by atoms with E-state index in [4.69, 9.17) is 4.52 Å². The Morgan fingerprint density at radius 2 is 1.78 bits per heavy atom. The summed E-state index contributed by atoms with van der Waals surface area (Å²) in [5, 5.41) is 4.10. The summed E-state index contributed by atoms with van der Waals surface area (Å²) in [6.07, 6.45) is 0. The Bertz CT molecular complexity index is 841. The number of nitrogens with zero attached hydrogens (tertiary/aromatic N) is 2. The molecule has 23 heavy (non-hydrogen) atoms. The normalized spacial score (nSPS) is 22.0. The molecule has 0 aliphatic heterocycles. The van der Waals surface area contributed by atoms with E-state index in [0.29, 0.717) is 11.7 Å². The average Bonchev–Trinajstić information content (AvgIpc) is 2.91. The van der Waals surface area contributed by atoms with Gasteiger partial charge in [0.25, 0.3) is 0 Å². The van der Waals surface area contributed by atoms with E-state index in [1.807, 2.05) is 36.4 Å². The Morgan fingerprint density at radius 1 is 1.00 bits per heavy atom. The molecule has 1 saturated carbocycles. The lowest BCUT2D eigenvalue weighted by atomic mass is 10.0. The summed E-state index contributed by atoms with van der Waals surface area (Å²) in [7, 11) is 0. The highest BCUT2D eigenvalue weighted by Crippen LogP contribution is 2.69. The Morgan fingerprint density at radius 3 is 2.52 bits per heavy atom. The van der Waals surface area contributed by atoms with Gasteiger partial charge in [0.15, 0.2) is 0 Å². The van der Waals surface area contributed by atoms with Gasteiger partial charge in [0.05, 0.1) is 5.92 Å². The predicted octanol–water partition coefficient (Wildman–Crippen LogP) is 4.78. The fraction of sp³-hybridized carbons (Fsp3) is 0.263. The molecule has 1 fully saturated rings. The molecule has 3 nitrogen and oxygen atoms in total. The number of halogens is 1. The Hall–Kier alpha value is -2.49. The Kier molecular flexibility index (Phi) is 3.08. The quantitative estimate of drug-likeness (QED) is 0.698. The molecule has 2 aromatic carbocycles. The van der Waals surface area contributed by atoms with Crippen LogP contribution in [0.15, 0.2) is 59.1 Å². The first kappa shape index (κ1) is 14.1. The van der Waals surface area contributed by atoms with Crippen LogP contribution in [0, 0.1) is 11.2 Å². The van der Waals surface area contributed by atoms with Gasteiger partial charge in [0.2, 0.25) is 11.7 Å². The highest BCUT2D eigenvalue weighted by atomic mass is 19.1. The van der Waals surface area contributed by atoms with E-state index in [1.165, 1.54) is 6.07 Å².